The molecule has 2 N–H and O–H groups in total. The second-order valence-electron chi connectivity index (χ2n) is 4.86. The van der Waals surface area contributed by atoms with Crippen molar-refractivity contribution in [2.24, 2.45) is 5.73 Å². The van der Waals surface area contributed by atoms with Crippen molar-refractivity contribution in [2.45, 2.75) is 25.3 Å². The van der Waals surface area contributed by atoms with Crippen molar-refractivity contribution in [1.29, 1.82) is 0 Å². The molecular weight excluding hydrogens is 299 g/mol. The molecule has 1 aliphatic rings. The largest absolute Gasteiger partial charge is 0.494 e. The number of carbonyl (C=O) groups excluding carboxylic acids is 1. The van der Waals surface area contributed by atoms with Gasteiger partial charge in [-0.15, -0.1) is 0 Å². The number of likely N-dealkylation sites (tertiary alicyclic amines) is 1. The van der Waals surface area contributed by atoms with E-state index in [9.17, 15) is 4.79 Å². The van der Waals surface area contributed by atoms with E-state index in [2.05, 4.69) is 0 Å². The number of benzene rings is 1. The van der Waals surface area contributed by atoms with Gasteiger partial charge in [0.2, 0.25) is 0 Å². The summed E-state index contributed by atoms with van der Waals surface area (Å²) in [5.74, 6) is 0.311. The highest BCUT2D eigenvalue weighted by Gasteiger charge is 2.27. The first-order chi connectivity index (χ1) is 9.58. The lowest BCUT2D eigenvalue weighted by Crippen LogP contribution is -2.47. The fourth-order valence-corrected chi connectivity index (χ4v) is 3.20. The Balaban J connectivity index is 2.28. The number of nitrogens with zero attached hydrogens (tertiary/aromatic N) is 1. The zero-order valence-electron chi connectivity index (χ0n) is 11.4. The Hall–Kier alpha value is -0.970. The first kappa shape index (κ1) is 15.4. The van der Waals surface area contributed by atoms with Crippen LogP contribution in [0.25, 0.3) is 0 Å². The van der Waals surface area contributed by atoms with Gasteiger partial charge in [0.15, 0.2) is 5.75 Å². The molecule has 1 amide bonds. The number of carbonyl (C=O) groups is 1. The van der Waals surface area contributed by atoms with E-state index in [-0.39, 0.29) is 11.9 Å². The van der Waals surface area contributed by atoms with Gasteiger partial charge < -0.3 is 15.4 Å². The first-order valence-corrected chi connectivity index (χ1v) is 7.38. The minimum absolute atomic E-state index is 0.0772. The third-order valence-electron chi connectivity index (χ3n) is 3.61. The van der Waals surface area contributed by atoms with Crippen LogP contribution < -0.4 is 10.5 Å². The maximum Gasteiger partial charge on any atom is 0.254 e. The Labute approximate surface area is 128 Å². The molecule has 0 unspecified atom stereocenters. The second-order valence-corrected chi connectivity index (χ2v) is 5.67. The summed E-state index contributed by atoms with van der Waals surface area (Å²) in [4.78, 5) is 14.4. The Morgan fingerprint density at radius 3 is 2.60 bits per heavy atom. The minimum atomic E-state index is -0.0772. The fraction of sp³-hybridized carbons (Fsp3) is 0.500. The number of amides is 1. The van der Waals surface area contributed by atoms with Gasteiger partial charge in [0.25, 0.3) is 5.91 Å². The molecule has 0 radical (unpaired) electrons. The molecule has 110 valence electrons. The molecule has 2 rings (SSSR count). The van der Waals surface area contributed by atoms with Gasteiger partial charge in [-0.05, 0) is 31.4 Å². The van der Waals surface area contributed by atoms with E-state index < -0.39 is 0 Å². The van der Waals surface area contributed by atoms with Crippen LogP contribution >= 0.6 is 23.2 Å². The molecule has 1 aromatic rings. The van der Waals surface area contributed by atoms with Gasteiger partial charge in [-0.3, -0.25) is 4.79 Å². The van der Waals surface area contributed by atoms with Crippen molar-refractivity contribution < 1.29 is 9.53 Å². The molecule has 1 saturated heterocycles. The maximum absolute atomic E-state index is 12.6. The van der Waals surface area contributed by atoms with Crippen LogP contribution in [0.5, 0.6) is 5.75 Å². The van der Waals surface area contributed by atoms with E-state index in [1.807, 2.05) is 4.90 Å². The molecule has 1 heterocycles. The van der Waals surface area contributed by atoms with Crippen LogP contribution in [-0.4, -0.2) is 37.0 Å². The van der Waals surface area contributed by atoms with E-state index in [1.165, 1.54) is 7.11 Å². The zero-order chi connectivity index (χ0) is 14.7. The molecular formula is C14H18Cl2N2O2. The van der Waals surface area contributed by atoms with Gasteiger partial charge in [0.1, 0.15) is 0 Å². The van der Waals surface area contributed by atoms with Gasteiger partial charge in [-0.1, -0.05) is 23.2 Å². The Morgan fingerprint density at radius 2 is 2.05 bits per heavy atom. The van der Waals surface area contributed by atoms with Crippen molar-refractivity contribution in [3.05, 3.63) is 27.7 Å². The molecule has 1 aliphatic heterocycles. The monoisotopic (exact) mass is 316 g/mol. The summed E-state index contributed by atoms with van der Waals surface area (Å²) in [6.45, 7) is 1.20. The van der Waals surface area contributed by atoms with Crippen LogP contribution in [0.1, 0.15) is 29.6 Å². The van der Waals surface area contributed by atoms with Gasteiger partial charge in [0, 0.05) is 24.7 Å². The van der Waals surface area contributed by atoms with Gasteiger partial charge in [-0.25, -0.2) is 0 Å². The fourth-order valence-electron chi connectivity index (χ4n) is 2.56. The number of methoxy groups -OCH3 is 1. The topological polar surface area (TPSA) is 55.6 Å². The number of hydrogen-bond donors (Lipinski definition) is 1. The maximum atomic E-state index is 12.6. The number of nitrogens with two attached hydrogens (primary N) is 1. The molecule has 1 atom stereocenters. The van der Waals surface area contributed by atoms with Crippen molar-refractivity contribution in [2.75, 3.05) is 20.2 Å². The first-order valence-electron chi connectivity index (χ1n) is 6.62. The Kier molecular flexibility index (Phi) is 5.13. The molecule has 20 heavy (non-hydrogen) atoms. The van der Waals surface area contributed by atoms with Crippen molar-refractivity contribution in [3.63, 3.8) is 0 Å². The lowest BCUT2D eigenvalue weighted by atomic mass is 10.0. The third kappa shape index (κ3) is 3.03. The standard InChI is InChI=1S/C14H18Cl2N2O2/c1-20-13-11(15)6-9(7-12(13)16)14(19)18-5-3-2-4-10(18)8-17/h6-7,10H,2-5,8,17H2,1H3/t10-/m0/s1. The minimum Gasteiger partial charge on any atom is -0.494 e. The molecule has 1 aromatic carbocycles. The quantitative estimate of drug-likeness (QED) is 0.932. The van der Waals surface area contributed by atoms with Crippen LogP contribution in [0.15, 0.2) is 12.1 Å². The number of ether oxygens (including phenoxy) is 1. The molecule has 1 fully saturated rings. The molecule has 0 saturated carbocycles. The Bertz CT molecular complexity index is 485. The number of halogens is 2. The molecule has 4 nitrogen and oxygen atoms in total. The zero-order valence-corrected chi connectivity index (χ0v) is 12.9. The van der Waals surface area contributed by atoms with Gasteiger partial charge in [-0.2, -0.15) is 0 Å². The van der Waals surface area contributed by atoms with Crippen LogP contribution in [0.2, 0.25) is 10.0 Å². The molecule has 0 spiro atoms. The number of piperidine rings is 1. The highest BCUT2D eigenvalue weighted by Crippen LogP contribution is 2.34. The predicted octanol–water partition coefficient (Wildman–Crippen LogP) is 2.96. The SMILES string of the molecule is COc1c(Cl)cc(C(=O)N2CCCC[C@H]2CN)cc1Cl. The van der Waals surface area contributed by atoms with Gasteiger partial charge in [0.05, 0.1) is 17.2 Å². The summed E-state index contributed by atoms with van der Waals surface area (Å²) in [5, 5.41) is 0.675. The smallest absolute Gasteiger partial charge is 0.254 e. The summed E-state index contributed by atoms with van der Waals surface area (Å²) >= 11 is 12.2. The summed E-state index contributed by atoms with van der Waals surface area (Å²) in [5.41, 5.74) is 6.22. The number of rotatable bonds is 3. The molecule has 6 heteroatoms. The summed E-state index contributed by atoms with van der Waals surface area (Å²) < 4.78 is 5.09. The summed E-state index contributed by atoms with van der Waals surface area (Å²) in [6.07, 6.45) is 3.05. The van der Waals surface area contributed by atoms with E-state index in [0.717, 1.165) is 25.8 Å². The van der Waals surface area contributed by atoms with E-state index in [1.54, 1.807) is 12.1 Å². The summed E-state index contributed by atoms with van der Waals surface area (Å²) in [7, 11) is 1.49. The van der Waals surface area contributed by atoms with Gasteiger partial charge >= 0.3 is 0 Å². The van der Waals surface area contributed by atoms with Crippen molar-refractivity contribution in [1.82, 2.24) is 4.90 Å². The summed E-state index contributed by atoms with van der Waals surface area (Å²) in [6, 6.07) is 3.28. The van der Waals surface area contributed by atoms with E-state index in [4.69, 9.17) is 33.7 Å². The normalized spacial score (nSPS) is 19.0. The average Bonchev–Trinajstić information content (AvgIpc) is 2.46. The van der Waals surface area contributed by atoms with Crippen LogP contribution in [0, 0.1) is 0 Å². The van der Waals surface area contributed by atoms with Crippen molar-refractivity contribution in [3.8, 4) is 5.75 Å². The average molecular weight is 317 g/mol. The van der Waals surface area contributed by atoms with E-state index >= 15 is 0 Å². The highest BCUT2D eigenvalue weighted by atomic mass is 35.5. The van der Waals surface area contributed by atoms with Crippen LogP contribution in [0.4, 0.5) is 0 Å². The Morgan fingerprint density at radius 1 is 1.40 bits per heavy atom. The molecule has 0 bridgehead atoms. The lowest BCUT2D eigenvalue weighted by Gasteiger charge is -2.35. The second kappa shape index (κ2) is 6.66. The molecule has 0 aromatic heterocycles. The predicted molar refractivity (Wildman–Crippen MR) is 80.7 cm³/mol. The van der Waals surface area contributed by atoms with Crippen LogP contribution in [-0.2, 0) is 0 Å². The lowest BCUT2D eigenvalue weighted by molar-refractivity contribution is 0.0623. The van der Waals surface area contributed by atoms with E-state index in [0.29, 0.717) is 27.9 Å². The number of hydrogen-bond acceptors (Lipinski definition) is 3. The van der Waals surface area contributed by atoms with Crippen molar-refractivity contribution >= 4 is 29.1 Å². The molecule has 0 aliphatic carbocycles. The third-order valence-corrected chi connectivity index (χ3v) is 4.17. The highest BCUT2D eigenvalue weighted by molar-refractivity contribution is 6.37. The van der Waals surface area contributed by atoms with Crippen LogP contribution in [0.3, 0.4) is 0 Å².